The van der Waals surface area contributed by atoms with Crippen LogP contribution in [-0.2, 0) is 16.0 Å². The molecule has 0 unspecified atom stereocenters. The monoisotopic (exact) mass is 197 g/mol. The van der Waals surface area contributed by atoms with Gasteiger partial charge < -0.3 is 9.94 Å². The molecule has 0 aliphatic rings. The highest BCUT2D eigenvalue weighted by Crippen LogP contribution is 1.97. The Hall–Kier alpha value is -1.78. The molecule has 0 amide bonds. The number of ether oxygens (including phenoxy) is 1. The molecule has 0 radical (unpaired) electrons. The summed E-state index contributed by atoms with van der Waals surface area (Å²) in [6.07, 6.45) is -0.111. The van der Waals surface area contributed by atoms with Gasteiger partial charge in [0.1, 0.15) is 0 Å². The largest absolute Gasteiger partial charge is 0.466 e. The van der Waals surface area contributed by atoms with Crippen LogP contribution in [-0.4, -0.2) is 22.5 Å². The summed E-state index contributed by atoms with van der Waals surface area (Å²) < 4.78 is 5.12. The first-order valence-electron chi connectivity index (χ1n) is 4.21. The maximum atomic E-state index is 11.0. The fraction of sp³-hybridized carbons (Fsp3) is 0.333. The van der Waals surface area contributed by atoms with Crippen molar-refractivity contribution in [2.75, 3.05) is 6.61 Å². The predicted octanol–water partition coefficient (Wildman–Crippen LogP) is 0.191. The lowest BCUT2D eigenvalue weighted by Gasteiger charge is -2.04. The second-order valence-corrected chi connectivity index (χ2v) is 2.65. The van der Waals surface area contributed by atoms with Crippen molar-refractivity contribution in [1.29, 1.82) is 0 Å². The highest BCUT2D eigenvalue weighted by molar-refractivity contribution is 5.71. The van der Waals surface area contributed by atoms with E-state index in [4.69, 9.17) is 0 Å². The molecule has 0 aliphatic heterocycles. The number of hydrogen-bond donors (Lipinski definition) is 1. The number of nitrogens with zero attached hydrogens (tertiary/aromatic N) is 1. The fourth-order valence-corrected chi connectivity index (χ4v) is 1.02. The van der Waals surface area contributed by atoms with Gasteiger partial charge in [-0.15, -0.1) is 0 Å². The molecule has 76 valence electrons. The number of carbonyl (C=O) groups excluding carboxylic acids is 1. The van der Waals surface area contributed by atoms with Crippen LogP contribution in [0, 0.1) is 0 Å². The van der Waals surface area contributed by atoms with E-state index < -0.39 is 11.5 Å². The van der Waals surface area contributed by atoms with E-state index in [1.54, 1.807) is 6.92 Å². The van der Waals surface area contributed by atoms with Gasteiger partial charge in [-0.25, -0.2) is 0 Å². The van der Waals surface area contributed by atoms with Crippen molar-refractivity contribution >= 4 is 5.97 Å². The third kappa shape index (κ3) is 2.35. The van der Waals surface area contributed by atoms with Gasteiger partial charge in [-0.05, 0) is 13.0 Å². The Kier molecular flexibility index (Phi) is 3.28. The molecule has 5 heteroatoms. The molecule has 1 N–H and O–H groups in total. The number of esters is 1. The molecular weight excluding hydrogens is 186 g/mol. The quantitative estimate of drug-likeness (QED) is 0.554. The van der Waals surface area contributed by atoms with Crippen LogP contribution in [0.5, 0.6) is 0 Å². The van der Waals surface area contributed by atoms with E-state index in [2.05, 4.69) is 4.74 Å². The highest BCUT2D eigenvalue weighted by Gasteiger charge is 2.08. The second kappa shape index (κ2) is 4.45. The van der Waals surface area contributed by atoms with Gasteiger partial charge in [0.15, 0.2) is 0 Å². The Morgan fingerprint density at radius 3 is 2.93 bits per heavy atom. The molecule has 14 heavy (non-hydrogen) atoms. The molecule has 1 aromatic heterocycles. The average molecular weight is 197 g/mol. The molecular formula is C9H11NO4. The van der Waals surface area contributed by atoms with E-state index in [1.807, 2.05) is 0 Å². The molecule has 0 saturated carbocycles. The van der Waals surface area contributed by atoms with Crippen LogP contribution in [0.4, 0.5) is 0 Å². The van der Waals surface area contributed by atoms with E-state index >= 15 is 0 Å². The predicted molar refractivity (Wildman–Crippen MR) is 48.2 cm³/mol. The van der Waals surface area contributed by atoms with E-state index in [0.29, 0.717) is 4.73 Å². The molecule has 0 aliphatic carbocycles. The molecule has 1 heterocycles. The van der Waals surface area contributed by atoms with Crippen LogP contribution >= 0.6 is 0 Å². The lowest BCUT2D eigenvalue weighted by molar-refractivity contribution is -0.142. The number of pyridine rings is 1. The zero-order valence-electron chi connectivity index (χ0n) is 7.77. The first kappa shape index (κ1) is 10.3. The zero-order chi connectivity index (χ0) is 10.6. The summed E-state index contributed by atoms with van der Waals surface area (Å²) in [4.78, 5) is 22.0. The third-order valence-electron chi connectivity index (χ3n) is 1.64. The van der Waals surface area contributed by atoms with Gasteiger partial charge in [-0.3, -0.25) is 9.59 Å². The van der Waals surface area contributed by atoms with Gasteiger partial charge >= 0.3 is 5.97 Å². The minimum atomic E-state index is -0.563. The van der Waals surface area contributed by atoms with Crippen LogP contribution in [0.1, 0.15) is 12.6 Å². The highest BCUT2D eigenvalue weighted by atomic mass is 16.5. The third-order valence-corrected chi connectivity index (χ3v) is 1.64. The van der Waals surface area contributed by atoms with Crippen molar-refractivity contribution in [3.05, 3.63) is 34.2 Å². The van der Waals surface area contributed by atoms with Crippen molar-refractivity contribution in [3.8, 4) is 0 Å². The minimum Gasteiger partial charge on any atom is -0.466 e. The Bertz CT molecular complexity index is 383. The van der Waals surface area contributed by atoms with Crippen molar-refractivity contribution in [2.24, 2.45) is 0 Å². The number of hydrogen-bond acceptors (Lipinski definition) is 4. The second-order valence-electron chi connectivity index (χ2n) is 2.65. The van der Waals surface area contributed by atoms with E-state index in [-0.39, 0.29) is 18.7 Å². The van der Waals surface area contributed by atoms with Gasteiger partial charge in [-0.1, -0.05) is 6.07 Å². The van der Waals surface area contributed by atoms with E-state index in [1.165, 1.54) is 18.2 Å². The summed E-state index contributed by atoms with van der Waals surface area (Å²) in [5, 5.41) is 9.21. The summed E-state index contributed by atoms with van der Waals surface area (Å²) in [5.74, 6) is -0.471. The molecule has 0 saturated heterocycles. The summed E-state index contributed by atoms with van der Waals surface area (Å²) >= 11 is 0. The maximum absolute atomic E-state index is 11.0. The minimum absolute atomic E-state index is 0.111. The van der Waals surface area contributed by atoms with Gasteiger partial charge in [-0.2, -0.15) is 4.73 Å². The smallest absolute Gasteiger partial charge is 0.311 e. The molecule has 1 rings (SSSR count). The Labute approximate surface area is 80.5 Å². The van der Waals surface area contributed by atoms with Gasteiger partial charge in [0, 0.05) is 6.07 Å². The average Bonchev–Trinajstić information content (AvgIpc) is 2.13. The summed E-state index contributed by atoms with van der Waals surface area (Å²) in [7, 11) is 0. The van der Waals surface area contributed by atoms with Gasteiger partial charge in [0.25, 0.3) is 5.56 Å². The Morgan fingerprint density at radius 1 is 1.57 bits per heavy atom. The normalized spacial score (nSPS) is 9.79. The van der Waals surface area contributed by atoms with Crippen molar-refractivity contribution in [3.63, 3.8) is 0 Å². The van der Waals surface area contributed by atoms with Crippen molar-refractivity contribution in [1.82, 2.24) is 4.73 Å². The fourth-order valence-electron chi connectivity index (χ4n) is 1.02. The maximum Gasteiger partial charge on any atom is 0.311 e. The molecule has 0 spiro atoms. The summed E-state index contributed by atoms with van der Waals surface area (Å²) in [5.41, 5.74) is -0.345. The molecule has 0 bridgehead atoms. The lowest BCUT2D eigenvalue weighted by atomic mass is 10.3. The molecule has 0 fully saturated rings. The Balaban J connectivity index is 2.82. The topological polar surface area (TPSA) is 68.5 Å². The van der Waals surface area contributed by atoms with Crippen molar-refractivity contribution < 1.29 is 14.7 Å². The van der Waals surface area contributed by atoms with E-state index in [9.17, 15) is 14.8 Å². The number of aromatic nitrogens is 1. The molecule has 5 nitrogen and oxygen atoms in total. The van der Waals surface area contributed by atoms with Crippen molar-refractivity contribution in [2.45, 2.75) is 13.3 Å². The first-order valence-corrected chi connectivity index (χ1v) is 4.21. The molecule has 0 aromatic carbocycles. The zero-order valence-corrected chi connectivity index (χ0v) is 7.77. The van der Waals surface area contributed by atoms with Crippen LogP contribution in [0.2, 0.25) is 0 Å². The van der Waals surface area contributed by atoms with Crippen LogP contribution in [0.3, 0.4) is 0 Å². The standard InChI is InChI=1S/C9H11NO4/c1-2-14-9(12)6-7-4-3-5-8(11)10(7)13/h3-5,13H,2,6H2,1H3. The van der Waals surface area contributed by atoms with Gasteiger partial charge in [0.2, 0.25) is 0 Å². The molecule has 0 atom stereocenters. The van der Waals surface area contributed by atoms with Crippen LogP contribution < -0.4 is 5.56 Å². The SMILES string of the molecule is CCOC(=O)Cc1cccc(=O)n1O. The number of carbonyl (C=O) groups is 1. The van der Waals surface area contributed by atoms with Crippen LogP contribution in [0.25, 0.3) is 0 Å². The molecule has 1 aromatic rings. The van der Waals surface area contributed by atoms with Gasteiger partial charge in [0.05, 0.1) is 18.7 Å². The first-order chi connectivity index (χ1) is 6.65. The van der Waals surface area contributed by atoms with Crippen LogP contribution in [0.15, 0.2) is 23.0 Å². The summed E-state index contributed by atoms with van der Waals surface area (Å²) in [6, 6.07) is 4.16. The summed E-state index contributed by atoms with van der Waals surface area (Å²) in [6.45, 7) is 1.97. The lowest BCUT2D eigenvalue weighted by Crippen LogP contribution is -2.22. The Morgan fingerprint density at radius 2 is 2.29 bits per heavy atom. The van der Waals surface area contributed by atoms with E-state index in [0.717, 1.165) is 0 Å². The number of rotatable bonds is 3.